The van der Waals surface area contributed by atoms with E-state index in [0.717, 1.165) is 5.56 Å². The van der Waals surface area contributed by atoms with Crippen molar-refractivity contribution < 1.29 is 4.52 Å². The Bertz CT molecular complexity index is 759. The minimum Gasteiger partial charge on any atom is -0.334 e. The highest BCUT2D eigenvalue weighted by Gasteiger charge is 2.16. The number of halogens is 3. The van der Waals surface area contributed by atoms with Crippen molar-refractivity contribution in [2.75, 3.05) is 0 Å². The summed E-state index contributed by atoms with van der Waals surface area (Å²) >= 11 is 18.0. The third-order valence-corrected chi connectivity index (χ3v) is 3.92. The van der Waals surface area contributed by atoms with Crippen LogP contribution in [0.3, 0.4) is 0 Å². The number of hydrogen-bond donors (Lipinski definition) is 0. The summed E-state index contributed by atoms with van der Waals surface area (Å²) in [5.74, 6) is 0.727. The molecule has 1 aromatic carbocycles. The summed E-state index contributed by atoms with van der Waals surface area (Å²) in [5.41, 5.74) is 1.33. The monoisotopic (exact) mass is 325 g/mol. The normalized spacial score (nSPS) is 10.8. The molecule has 0 amide bonds. The molecule has 0 atom stereocenters. The van der Waals surface area contributed by atoms with Crippen molar-refractivity contribution in [2.45, 2.75) is 0 Å². The molecule has 0 fully saturated rings. The van der Waals surface area contributed by atoms with E-state index in [1.807, 2.05) is 0 Å². The van der Waals surface area contributed by atoms with Gasteiger partial charge in [0, 0.05) is 18.0 Å². The van der Waals surface area contributed by atoms with Crippen molar-refractivity contribution in [1.29, 1.82) is 0 Å². The Labute approximate surface area is 129 Å². The number of pyridine rings is 1. The lowest BCUT2D eigenvalue weighted by Gasteiger charge is -2.02. The summed E-state index contributed by atoms with van der Waals surface area (Å²) in [7, 11) is 0. The molecule has 4 nitrogen and oxygen atoms in total. The van der Waals surface area contributed by atoms with Crippen molar-refractivity contribution in [3.05, 3.63) is 51.7 Å². The van der Waals surface area contributed by atoms with Crippen LogP contribution in [-0.4, -0.2) is 15.1 Å². The van der Waals surface area contributed by atoms with Crippen LogP contribution in [0.1, 0.15) is 0 Å². The van der Waals surface area contributed by atoms with Gasteiger partial charge in [0.2, 0.25) is 5.82 Å². The zero-order valence-electron chi connectivity index (χ0n) is 9.85. The van der Waals surface area contributed by atoms with Crippen LogP contribution in [0.25, 0.3) is 22.8 Å². The molecule has 0 N–H and O–H groups in total. The highest BCUT2D eigenvalue weighted by atomic mass is 35.5. The molecular weight excluding hydrogens is 321 g/mol. The van der Waals surface area contributed by atoms with Gasteiger partial charge in [0.1, 0.15) is 0 Å². The lowest BCUT2D eigenvalue weighted by Crippen LogP contribution is -1.83. The minimum atomic E-state index is 0.259. The van der Waals surface area contributed by atoms with Crippen LogP contribution in [0.2, 0.25) is 15.1 Å². The Morgan fingerprint density at radius 3 is 2.40 bits per heavy atom. The van der Waals surface area contributed by atoms with Crippen LogP contribution in [0.5, 0.6) is 0 Å². The Balaban J connectivity index is 2.05. The summed E-state index contributed by atoms with van der Waals surface area (Å²) in [5, 5.41) is 4.82. The van der Waals surface area contributed by atoms with E-state index in [9.17, 15) is 0 Å². The molecule has 0 aliphatic carbocycles. The van der Waals surface area contributed by atoms with E-state index in [-0.39, 0.29) is 15.9 Å². The Morgan fingerprint density at radius 2 is 1.65 bits per heavy atom. The highest BCUT2D eigenvalue weighted by molar-refractivity contribution is 6.49. The first kappa shape index (κ1) is 13.4. The largest absolute Gasteiger partial charge is 0.334 e. The molecule has 0 saturated heterocycles. The molecule has 7 heteroatoms. The molecule has 0 unspecified atom stereocenters. The maximum Gasteiger partial charge on any atom is 0.259 e. The van der Waals surface area contributed by atoms with E-state index >= 15 is 0 Å². The second-order valence-corrected chi connectivity index (χ2v) is 5.05. The van der Waals surface area contributed by atoms with E-state index < -0.39 is 0 Å². The number of aromatic nitrogens is 3. The molecule has 100 valence electrons. The van der Waals surface area contributed by atoms with Crippen molar-refractivity contribution in [2.24, 2.45) is 0 Å². The summed E-state index contributed by atoms with van der Waals surface area (Å²) in [6.45, 7) is 0. The van der Waals surface area contributed by atoms with Crippen LogP contribution >= 0.6 is 34.8 Å². The van der Waals surface area contributed by atoms with Crippen molar-refractivity contribution in [3.63, 3.8) is 0 Å². The van der Waals surface area contributed by atoms with Crippen molar-refractivity contribution in [1.82, 2.24) is 15.1 Å². The second kappa shape index (κ2) is 5.40. The Morgan fingerprint density at radius 1 is 0.900 bits per heavy atom. The summed E-state index contributed by atoms with van der Waals surface area (Å²) in [6.07, 6.45) is 3.30. The Hall–Kier alpha value is -1.62. The lowest BCUT2D eigenvalue weighted by atomic mass is 10.2. The molecule has 2 heterocycles. The molecule has 20 heavy (non-hydrogen) atoms. The summed E-state index contributed by atoms with van der Waals surface area (Å²) < 4.78 is 5.21. The first-order valence-electron chi connectivity index (χ1n) is 5.55. The molecule has 3 aromatic rings. The maximum absolute atomic E-state index is 6.13. The fourth-order valence-corrected chi connectivity index (χ4v) is 2.26. The van der Waals surface area contributed by atoms with E-state index in [0.29, 0.717) is 16.4 Å². The first-order valence-corrected chi connectivity index (χ1v) is 6.68. The predicted octanol–water partition coefficient (Wildman–Crippen LogP) is 4.76. The number of hydrogen-bond acceptors (Lipinski definition) is 4. The molecule has 0 radical (unpaired) electrons. The highest BCUT2D eigenvalue weighted by Crippen LogP contribution is 2.37. The third kappa shape index (κ3) is 2.38. The molecule has 0 saturated carbocycles. The topological polar surface area (TPSA) is 51.8 Å². The van der Waals surface area contributed by atoms with Gasteiger partial charge in [-0.15, -0.1) is 0 Å². The van der Waals surface area contributed by atoms with Gasteiger partial charge >= 0.3 is 0 Å². The van der Waals surface area contributed by atoms with Gasteiger partial charge in [-0.2, -0.15) is 4.98 Å². The molecule has 3 rings (SSSR count). The van der Waals surface area contributed by atoms with Crippen LogP contribution in [0, 0.1) is 0 Å². The molecule has 0 bridgehead atoms. The van der Waals surface area contributed by atoms with E-state index in [4.69, 9.17) is 39.3 Å². The van der Waals surface area contributed by atoms with Crippen LogP contribution in [0.15, 0.2) is 41.2 Å². The third-order valence-electron chi connectivity index (χ3n) is 2.63. The second-order valence-electron chi connectivity index (χ2n) is 3.88. The van der Waals surface area contributed by atoms with Gasteiger partial charge in [-0.25, -0.2) is 0 Å². The minimum absolute atomic E-state index is 0.259. The van der Waals surface area contributed by atoms with Gasteiger partial charge in [0.25, 0.3) is 5.89 Å². The van der Waals surface area contributed by atoms with Gasteiger partial charge in [-0.3, -0.25) is 4.98 Å². The van der Waals surface area contributed by atoms with Gasteiger partial charge in [0.15, 0.2) is 0 Å². The fourth-order valence-electron chi connectivity index (χ4n) is 1.64. The van der Waals surface area contributed by atoms with Gasteiger partial charge in [-0.05, 0) is 24.3 Å². The molecule has 0 aliphatic heterocycles. The van der Waals surface area contributed by atoms with Crippen LogP contribution in [-0.2, 0) is 0 Å². The fraction of sp³-hybridized carbons (Fsp3) is 0. The zero-order valence-corrected chi connectivity index (χ0v) is 12.1. The molecular formula is C13H6Cl3N3O. The van der Waals surface area contributed by atoms with Gasteiger partial charge in [0.05, 0.1) is 20.6 Å². The number of nitrogens with zero attached hydrogens (tertiary/aromatic N) is 3. The SMILES string of the molecule is Clc1ccc(-c2nc(-c3ccncc3)no2)c(Cl)c1Cl. The lowest BCUT2D eigenvalue weighted by molar-refractivity contribution is 0.432. The summed E-state index contributed by atoms with van der Waals surface area (Å²) in [4.78, 5) is 8.22. The van der Waals surface area contributed by atoms with E-state index in [1.165, 1.54) is 0 Å². The molecule has 0 spiro atoms. The maximum atomic E-state index is 6.13. The molecule has 0 aliphatic rings. The zero-order chi connectivity index (χ0) is 14.1. The van der Waals surface area contributed by atoms with E-state index in [1.54, 1.807) is 36.7 Å². The average molecular weight is 327 g/mol. The van der Waals surface area contributed by atoms with Crippen molar-refractivity contribution in [3.8, 4) is 22.8 Å². The van der Waals surface area contributed by atoms with Crippen LogP contribution < -0.4 is 0 Å². The van der Waals surface area contributed by atoms with Crippen molar-refractivity contribution >= 4 is 34.8 Å². The van der Waals surface area contributed by atoms with Crippen LogP contribution in [0.4, 0.5) is 0 Å². The summed E-state index contributed by atoms with van der Waals surface area (Å²) in [6, 6.07) is 6.87. The quantitative estimate of drug-likeness (QED) is 0.637. The molecule has 2 aromatic heterocycles. The Kier molecular flexibility index (Phi) is 3.61. The smallest absolute Gasteiger partial charge is 0.259 e. The number of rotatable bonds is 2. The van der Waals surface area contributed by atoms with Gasteiger partial charge < -0.3 is 4.52 Å². The van der Waals surface area contributed by atoms with E-state index in [2.05, 4.69) is 15.1 Å². The standard InChI is InChI=1S/C13H6Cl3N3O/c14-9-2-1-8(10(15)11(9)16)13-18-12(19-20-13)7-3-5-17-6-4-7/h1-6H. The number of benzene rings is 1. The predicted molar refractivity (Wildman–Crippen MR) is 78.0 cm³/mol. The average Bonchev–Trinajstić information content (AvgIpc) is 2.95. The van der Waals surface area contributed by atoms with Gasteiger partial charge in [-0.1, -0.05) is 40.0 Å². The first-order chi connectivity index (χ1) is 9.66.